The number of carbonyl (C=O) groups is 1. The van der Waals surface area contributed by atoms with Gasteiger partial charge in [0.25, 0.3) is 0 Å². The van der Waals surface area contributed by atoms with Crippen LogP contribution in [0.1, 0.15) is 52.9 Å². The quantitative estimate of drug-likeness (QED) is 0.496. The van der Waals surface area contributed by atoms with Crippen LogP contribution in [0.3, 0.4) is 0 Å². The van der Waals surface area contributed by atoms with Crippen molar-refractivity contribution >= 4 is 11.5 Å². The number of nitrogens with zero attached hydrogens (tertiary/aromatic N) is 1. The maximum Gasteiger partial charge on any atom is 0.134 e. The smallest absolute Gasteiger partial charge is 0.134 e. The minimum absolute atomic E-state index is 0.0261. The predicted octanol–water partition coefficient (Wildman–Crippen LogP) is 2.85. The zero-order chi connectivity index (χ0) is 18.9. The summed E-state index contributed by atoms with van der Waals surface area (Å²) in [7, 11) is 0. The van der Waals surface area contributed by atoms with Crippen molar-refractivity contribution in [3.8, 4) is 0 Å². The van der Waals surface area contributed by atoms with Gasteiger partial charge >= 0.3 is 0 Å². The summed E-state index contributed by atoms with van der Waals surface area (Å²) in [5, 5.41) is 33.8. The van der Waals surface area contributed by atoms with Gasteiger partial charge in [0.05, 0.1) is 17.9 Å². The molecule has 0 aromatic heterocycles. The lowest BCUT2D eigenvalue weighted by Crippen LogP contribution is -2.55. The summed E-state index contributed by atoms with van der Waals surface area (Å²) in [5.41, 5.74) is 2.61. The van der Waals surface area contributed by atoms with Gasteiger partial charge in [-0.15, -0.1) is 0 Å². The van der Waals surface area contributed by atoms with Crippen molar-refractivity contribution < 1.29 is 20.2 Å². The average Bonchev–Trinajstić information content (AvgIpc) is 2.93. The zero-order valence-electron chi connectivity index (χ0n) is 15.8. The Balaban J connectivity index is 1.80. The number of rotatable bonds is 1. The second-order valence-corrected chi connectivity index (χ2v) is 9.28. The summed E-state index contributed by atoms with van der Waals surface area (Å²) in [5.74, 6) is 0.461. The van der Waals surface area contributed by atoms with Gasteiger partial charge in [0.2, 0.25) is 0 Å². The Bertz CT molecular complexity index is 738. The molecule has 5 heteroatoms. The summed E-state index contributed by atoms with van der Waals surface area (Å²) in [6, 6.07) is 0. The van der Waals surface area contributed by atoms with Crippen LogP contribution in [0.5, 0.6) is 0 Å². The van der Waals surface area contributed by atoms with E-state index in [2.05, 4.69) is 25.1 Å². The maximum absolute atomic E-state index is 12.2. The molecule has 3 N–H and O–H groups in total. The molecular formula is C21H29NO4. The van der Waals surface area contributed by atoms with Crippen LogP contribution in [0.25, 0.3) is 0 Å². The first-order chi connectivity index (χ1) is 12.2. The summed E-state index contributed by atoms with van der Waals surface area (Å²) in [4.78, 5) is 12.2. The van der Waals surface area contributed by atoms with Gasteiger partial charge in [-0.2, -0.15) is 0 Å². The van der Waals surface area contributed by atoms with Crippen LogP contribution in [0.2, 0.25) is 0 Å². The summed E-state index contributed by atoms with van der Waals surface area (Å²) < 4.78 is 0. The Morgan fingerprint density at radius 1 is 1.23 bits per heavy atom. The fourth-order valence-corrected chi connectivity index (χ4v) is 6.54. The molecule has 0 aromatic carbocycles. The van der Waals surface area contributed by atoms with Crippen LogP contribution < -0.4 is 0 Å². The van der Waals surface area contributed by atoms with Gasteiger partial charge in [-0.3, -0.25) is 4.79 Å². The van der Waals surface area contributed by atoms with Crippen molar-refractivity contribution in [3.63, 3.8) is 0 Å². The van der Waals surface area contributed by atoms with Crippen molar-refractivity contribution in [1.82, 2.24) is 0 Å². The molecule has 26 heavy (non-hydrogen) atoms. The molecule has 0 heterocycles. The second-order valence-electron chi connectivity index (χ2n) is 9.28. The molecule has 1 unspecified atom stereocenters. The van der Waals surface area contributed by atoms with E-state index in [1.807, 2.05) is 6.08 Å². The Hall–Kier alpha value is -1.46. The van der Waals surface area contributed by atoms with Crippen LogP contribution in [0, 0.1) is 28.6 Å². The Morgan fingerprint density at radius 3 is 2.62 bits per heavy atom. The van der Waals surface area contributed by atoms with E-state index < -0.39 is 12.2 Å². The van der Waals surface area contributed by atoms with Crippen molar-refractivity contribution in [1.29, 1.82) is 0 Å². The molecule has 0 aliphatic heterocycles. The number of oxime groups is 1. The molecule has 0 saturated heterocycles. The molecule has 5 nitrogen and oxygen atoms in total. The lowest BCUT2D eigenvalue weighted by Gasteiger charge is -2.56. The number of fused-ring (bicyclic) bond motifs is 5. The number of aliphatic hydroxyl groups excluding tert-OH is 2. The van der Waals surface area contributed by atoms with Crippen LogP contribution in [-0.2, 0) is 4.79 Å². The molecule has 0 bridgehead atoms. The number of hydrogen-bond acceptors (Lipinski definition) is 5. The van der Waals surface area contributed by atoms with Crippen molar-refractivity contribution in [2.45, 2.75) is 65.1 Å². The van der Waals surface area contributed by atoms with Gasteiger partial charge in [-0.05, 0) is 67.6 Å². The standard InChI is InChI=1S/C21H29NO4/c1-11(23)13-4-5-14-12-8-17(22-26)16-9-18(24)19(25)10-21(16,3)15(12)6-7-20(13,14)2/h5,8,13,15-16,18-19,24-26H,4,6-7,9-10H2,1-3H3/b22-17-/t13-,15?,16+,18-,19+,20-,21-/m1/s1. The third-order valence-corrected chi connectivity index (χ3v) is 8.01. The Morgan fingerprint density at radius 2 is 1.96 bits per heavy atom. The fraction of sp³-hybridized carbons (Fsp3) is 0.714. The van der Waals surface area contributed by atoms with Crippen molar-refractivity contribution in [2.24, 2.45) is 33.7 Å². The third-order valence-electron chi connectivity index (χ3n) is 8.01. The average molecular weight is 359 g/mol. The highest BCUT2D eigenvalue weighted by molar-refractivity contribution is 6.00. The van der Waals surface area contributed by atoms with Crippen LogP contribution in [-0.4, -0.2) is 39.1 Å². The maximum atomic E-state index is 12.2. The highest BCUT2D eigenvalue weighted by Gasteiger charge is 2.58. The third kappa shape index (κ3) is 2.23. The van der Waals surface area contributed by atoms with Crippen LogP contribution in [0.15, 0.2) is 28.5 Å². The van der Waals surface area contributed by atoms with E-state index in [-0.39, 0.29) is 34.4 Å². The SMILES string of the molecule is CC(=O)[C@H]1CC=C2C3=C/C(=N/O)[C@@H]4C[C@@H](O)[C@@H](O)C[C@]4(C)C3CC[C@@]21C. The van der Waals surface area contributed by atoms with E-state index in [1.54, 1.807) is 6.92 Å². The molecule has 4 aliphatic rings. The molecule has 0 spiro atoms. The molecule has 0 radical (unpaired) electrons. The molecule has 0 amide bonds. The molecule has 7 atom stereocenters. The number of aliphatic hydroxyl groups is 2. The van der Waals surface area contributed by atoms with E-state index in [0.29, 0.717) is 18.6 Å². The van der Waals surface area contributed by atoms with Gasteiger partial charge in [-0.1, -0.05) is 25.1 Å². The van der Waals surface area contributed by atoms with E-state index in [0.717, 1.165) is 19.3 Å². The first kappa shape index (κ1) is 17.9. The number of carbonyl (C=O) groups excluding carboxylic acids is 1. The highest BCUT2D eigenvalue weighted by atomic mass is 16.4. The molecule has 4 rings (SSSR count). The summed E-state index contributed by atoms with van der Waals surface area (Å²) in [6.07, 6.45) is 6.29. The normalized spacial score (nSPS) is 49.0. The van der Waals surface area contributed by atoms with E-state index >= 15 is 0 Å². The van der Waals surface area contributed by atoms with Crippen LogP contribution >= 0.6 is 0 Å². The topological polar surface area (TPSA) is 90.1 Å². The first-order valence-electron chi connectivity index (χ1n) is 9.73. The monoisotopic (exact) mass is 359 g/mol. The van der Waals surface area contributed by atoms with E-state index in [1.165, 1.54) is 11.1 Å². The number of allylic oxidation sites excluding steroid dienone is 4. The predicted molar refractivity (Wildman–Crippen MR) is 97.9 cm³/mol. The van der Waals surface area contributed by atoms with E-state index in [9.17, 15) is 20.2 Å². The van der Waals surface area contributed by atoms with Gasteiger partial charge in [0.15, 0.2) is 0 Å². The Kier molecular flexibility index (Phi) is 3.98. The van der Waals surface area contributed by atoms with Gasteiger partial charge in [0.1, 0.15) is 5.78 Å². The lowest BCUT2D eigenvalue weighted by molar-refractivity contribution is -0.123. The zero-order valence-corrected chi connectivity index (χ0v) is 15.8. The van der Waals surface area contributed by atoms with Crippen molar-refractivity contribution in [3.05, 3.63) is 23.3 Å². The fourth-order valence-electron chi connectivity index (χ4n) is 6.54. The number of Topliss-reactive ketones (excluding diaryl/α,β-unsaturated/α-hetero) is 1. The molecular weight excluding hydrogens is 330 g/mol. The summed E-state index contributed by atoms with van der Waals surface area (Å²) in [6.45, 7) is 6.04. The molecule has 0 aromatic rings. The summed E-state index contributed by atoms with van der Waals surface area (Å²) >= 11 is 0. The lowest BCUT2D eigenvalue weighted by atomic mass is 9.48. The molecule has 2 fully saturated rings. The van der Waals surface area contributed by atoms with Gasteiger partial charge < -0.3 is 15.4 Å². The molecule has 142 valence electrons. The molecule has 4 aliphatic carbocycles. The number of ketones is 1. The minimum Gasteiger partial charge on any atom is -0.411 e. The Labute approximate surface area is 154 Å². The number of hydrogen-bond donors (Lipinski definition) is 3. The second kappa shape index (κ2) is 5.77. The highest BCUT2D eigenvalue weighted by Crippen LogP contribution is 2.63. The van der Waals surface area contributed by atoms with E-state index in [4.69, 9.17) is 0 Å². The molecule has 2 saturated carbocycles. The van der Waals surface area contributed by atoms with Gasteiger partial charge in [-0.25, -0.2) is 0 Å². The first-order valence-corrected chi connectivity index (χ1v) is 9.73. The largest absolute Gasteiger partial charge is 0.411 e. The van der Waals surface area contributed by atoms with Crippen molar-refractivity contribution in [2.75, 3.05) is 0 Å². The van der Waals surface area contributed by atoms with Gasteiger partial charge in [0, 0.05) is 17.3 Å². The van der Waals surface area contributed by atoms with Crippen LogP contribution in [0.4, 0.5) is 0 Å². The minimum atomic E-state index is -0.776.